The molecule has 0 aromatic heterocycles. The monoisotopic (exact) mass is 313 g/mol. The Kier molecular flexibility index (Phi) is 4.24. The van der Waals surface area contributed by atoms with Crippen molar-refractivity contribution in [2.24, 2.45) is 5.92 Å². The van der Waals surface area contributed by atoms with Crippen molar-refractivity contribution in [2.75, 3.05) is 11.9 Å². The van der Waals surface area contributed by atoms with Crippen LogP contribution in [-0.2, 0) is 0 Å². The average molecular weight is 314 g/mol. The van der Waals surface area contributed by atoms with Crippen molar-refractivity contribution >= 4 is 27.6 Å². The maximum atomic E-state index is 10.8. The Morgan fingerprint density at radius 3 is 2.78 bits per heavy atom. The summed E-state index contributed by atoms with van der Waals surface area (Å²) in [4.78, 5) is 10.8. The number of halogens is 1. The van der Waals surface area contributed by atoms with Crippen molar-refractivity contribution in [1.82, 2.24) is 0 Å². The van der Waals surface area contributed by atoms with Gasteiger partial charge in [-0.3, -0.25) is 0 Å². The van der Waals surface area contributed by atoms with Crippen molar-refractivity contribution in [1.29, 1.82) is 0 Å². The molecule has 0 heterocycles. The van der Waals surface area contributed by atoms with E-state index in [1.165, 1.54) is 0 Å². The zero-order valence-corrected chi connectivity index (χ0v) is 11.5. The van der Waals surface area contributed by atoms with Crippen LogP contribution in [0.3, 0.4) is 0 Å². The van der Waals surface area contributed by atoms with Crippen LogP contribution in [0.5, 0.6) is 0 Å². The highest BCUT2D eigenvalue weighted by Gasteiger charge is 2.24. The maximum absolute atomic E-state index is 10.8. The summed E-state index contributed by atoms with van der Waals surface area (Å²) in [6, 6.07) is 4.89. The van der Waals surface area contributed by atoms with Crippen LogP contribution in [0.15, 0.2) is 22.7 Å². The van der Waals surface area contributed by atoms with Gasteiger partial charge in [0.15, 0.2) is 0 Å². The predicted molar refractivity (Wildman–Crippen MR) is 72.9 cm³/mol. The summed E-state index contributed by atoms with van der Waals surface area (Å²) in [6.07, 6.45) is 2.78. The van der Waals surface area contributed by atoms with E-state index in [4.69, 9.17) is 5.11 Å². The van der Waals surface area contributed by atoms with Crippen LogP contribution in [0.25, 0.3) is 0 Å². The predicted octanol–water partition coefficient (Wildman–Crippen LogP) is 2.72. The molecule has 98 valence electrons. The van der Waals surface area contributed by atoms with Crippen LogP contribution in [-0.4, -0.2) is 28.8 Å². The van der Waals surface area contributed by atoms with Crippen molar-refractivity contribution < 1.29 is 15.0 Å². The Morgan fingerprint density at radius 1 is 1.44 bits per heavy atom. The van der Waals surface area contributed by atoms with Gasteiger partial charge in [0.1, 0.15) is 0 Å². The highest BCUT2D eigenvalue weighted by molar-refractivity contribution is 9.10. The normalized spacial score (nSPS) is 23.0. The van der Waals surface area contributed by atoms with Gasteiger partial charge in [0, 0.05) is 22.6 Å². The molecule has 1 fully saturated rings. The molecule has 1 aliphatic rings. The van der Waals surface area contributed by atoms with E-state index >= 15 is 0 Å². The highest BCUT2D eigenvalue weighted by atomic mass is 79.9. The van der Waals surface area contributed by atoms with Gasteiger partial charge in [-0.15, -0.1) is 0 Å². The van der Waals surface area contributed by atoms with Gasteiger partial charge in [-0.05, 0) is 47.0 Å². The van der Waals surface area contributed by atoms with Crippen LogP contribution in [0.4, 0.5) is 5.69 Å². The molecule has 1 aromatic carbocycles. The summed E-state index contributed by atoms with van der Waals surface area (Å²) >= 11 is 3.35. The van der Waals surface area contributed by atoms with E-state index in [1.807, 2.05) is 0 Å². The Bertz CT molecular complexity index is 450. The van der Waals surface area contributed by atoms with E-state index < -0.39 is 5.97 Å². The maximum Gasteiger partial charge on any atom is 0.335 e. The fourth-order valence-corrected chi connectivity index (χ4v) is 2.81. The molecule has 2 unspecified atom stereocenters. The second-order valence-electron chi connectivity index (χ2n) is 4.64. The number of nitrogens with one attached hydrogen (secondary N) is 1. The number of aromatic carboxylic acids is 1. The molecule has 1 aromatic rings. The van der Waals surface area contributed by atoms with Crippen molar-refractivity contribution in [3.05, 3.63) is 28.2 Å². The lowest BCUT2D eigenvalue weighted by molar-refractivity contribution is 0.0697. The fraction of sp³-hybridized carbons (Fsp3) is 0.462. The number of aliphatic hydroxyl groups is 1. The number of carboxylic acid groups (broad SMARTS) is 1. The van der Waals surface area contributed by atoms with E-state index in [-0.39, 0.29) is 17.6 Å². The topological polar surface area (TPSA) is 69.6 Å². The summed E-state index contributed by atoms with van der Waals surface area (Å²) < 4.78 is 0.731. The number of benzene rings is 1. The second kappa shape index (κ2) is 5.71. The Labute approximate surface area is 114 Å². The van der Waals surface area contributed by atoms with Gasteiger partial charge in [0.05, 0.1) is 11.7 Å². The lowest BCUT2D eigenvalue weighted by Gasteiger charge is -2.16. The van der Waals surface area contributed by atoms with Gasteiger partial charge in [0.2, 0.25) is 0 Å². The molecule has 0 amide bonds. The summed E-state index contributed by atoms with van der Waals surface area (Å²) in [5.41, 5.74) is 1.12. The molecular formula is C13H16BrNO3. The largest absolute Gasteiger partial charge is 0.478 e. The summed E-state index contributed by atoms with van der Waals surface area (Å²) in [5, 5.41) is 21.8. The molecule has 0 spiro atoms. The average Bonchev–Trinajstić information content (AvgIpc) is 2.73. The summed E-state index contributed by atoms with van der Waals surface area (Å²) in [5.74, 6) is -0.649. The van der Waals surface area contributed by atoms with Gasteiger partial charge in [-0.1, -0.05) is 6.42 Å². The Balaban J connectivity index is 1.99. The van der Waals surface area contributed by atoms with E-state index in [0.29, 0.717) is 6.54 Å². The van der Waals surface area contributed by atoms with Crippen LogP contribution in [0, 0.1) is 5.92 Å². The van der Waals surface area contributed by atoms with Crippen LogP contribution in [0.1, 0.15) is 29.6 Å². The quantitative estimate of drug-likeness (QED) is 0.799. The molecule has 3 N–H and O–H groups in total. The van der Waals surface area contributed by atoms with Gasteiger partial charge >= 0.3 is 5.97 Å². The van der Waals surface area contributed by atoms with Gasteiger partial charge in [-0.2, -0.15) is 0 Å². The first-order valence-electron chi connectivity index (χ1n) is 6.02. The Hall–Kier alpha value is -1.07. The van der Waals surface area contributed by atoms with Gasteiger partial charge < -0.3 is 15.5 Å². The lowest BCUT2D eigenvalue weighted by Crippen LogP contribution is -2.22. The molecule has 5 heteroatoms. The number of hydrogen-bond donors (Lipinski definition) is 3. The molecule has 0 aliphatic heterocycles. The van der Waals surface area contributed by atoms with Crippen LogP contribution < -0.4 is 5.32 Å². The molecule has 2 rings (SSSR count). The first-order valence-corrected chi connectivity index (χ1v) is 6.82. The van der Waals surface area contributed by atoms with Gasteiger partial charge in [-0.25, -0.2) is 4.79 Å². The van der Waals surface area contributed by atoms with Crippen molar-refractivity contribution in [3.63, 3.8) is 0 Å². The minimum absolute atomic E-state index is 0.213. The van der Waals surface area contributed by atoms with E-state index in [0.717, 1.165) is 29.4 Å². The minimum atomic E-state index is -0.937. The van der Waals surface area contributed by atoms with Crippen molar-refractivity contribution in [2.45, 2.75) is 25.4 Å². The van der Waals surface area contributed by atoms with E-state index in [1.54, 1.807) is 18.2 Å². The number of carbonyl (C=O) groups is 1. The SMILES string of the molecule is O=C(O)c1ccc(NCC2CCCC2O)c(Br)c1. The second-order valence-corrected chi connectivity index (χ2v) is 5.49. The van der Waals surface area contributed by atoms with Crippen molar-refractivity contribution in [3.8, 4) is 0 Å². The smallest absolute Gasteiger partial charge is 0.335 e. The third-order valence-electron chi connectivity index (χ3n) is 3.39. The lowest BCUT2D eigenvalue weighted by atomic mass is 10.1. The highest BCUT2D eigenvalue weighted by Crippen LogP contribution is 2.28. The minimum Gasteiger partial charge on any atom is -0.478 e. The van der Waals surface area contributed by atoms with E-state index in [2.05, 4.69) is 21.2 Å². The molecule has 2 atom stereocenters. The summed E-state index contributed by atoms with van der Waals surface area (Å²) in [6.45, 7) is 0.714. The number of carboxylic acids is 1. The van der Waals surface area contributed by atoms with Crippen LogP contribution >= 0.6 is 15.9 Å². The molecular weight excluding hydrogens is 298 g/mol. The molecule has 4 nitrogen and oxygen atoms in total. The first-order chi connectivity index (χ1) is 8.58. The zero-order chi connectivity index (χ0) is 13.1. The molecule has 1 saturated carbocycles. The van der Waals surface area contributed by atoms with Crippen LogP contribution in [0.2, 0.25) is 0 Å². The molecule has 0 radical (unpaired) electrons. The van der Waals surface area contributed by atoms with E-state index in [9.17, 15) is 9.90 Å². The third kappa shape index (κ3) is 3.03. The zero-order valence-electron chi connectivity index (χ0n) is 9.90. The number of aliphatic hydroxyl groups excluding tert-OH is 1. The number of anilines is 1. The summed E-state index contributed by atoms with van der Waals surface area (Å²) in [7, 11) is 0. The standard InChI is InChI=1S/C13H16BrNO3/c14-10-6-8(13(17)18)4-5-11(10)15-7-9-2-1-3-12(9)16/h4-6,9,12,15-16H,1-3,7H2,(H,17,18). The third-order valence-corrected chi connectivity index (χ3v) is 4.05. The number of hydrogen-bond acceptors (Lipinski definition) is 3. The first kappa shape index (κ1) is 13.4. The molecule has 1 aliphatic carbocycles. The molecule has 0 saturated heterocycles. The molecule has 0 bridgehead atoms. The fourth-order valence-electron chi connectivity index (χ4n) is 2.29. The Morgan fingerprint density at radius 2 is 2.22 bits per heavy atom. The van der Waals surface area contributed by atoms with Gasteiger partial charge in [0.25, 0.3) is 0 Å². The molecule has 18 heavy (non-hydrogen) atoms. The number of rotatable bonds is 4.